The lowest BCUT2D eigenvalue weighted by Gasteiger charge is -2.09. The zero-order valence-corrected chi connectivity index (χ0v) is 19.0. The first-order valence-electron chi connectivity index (χ1n) is 10.7. The zero-order chi connectivity index (χ0) is 23.2. The van der Waals surface area contributed by atoms with Crippen molar-refractivity contribution in [2.75, 3.05) is 5.32 Å². The Kier molecular flexibility index (Phi) is 6.49. The molecule has 1 amide bonds. The molecule has 0 aliphatic heterocycles. The fourth-order valence-corrected chi connectivity index (χ4v) is 4.30. The van der Waals surface area contributed by atoms with Gasteiger partial charge < -0.3 is 10.1 Å². The highest BCUT2D eigenvalue weighted by atomic mass is 32.2. The minimum Gasteiger partial charge on any atom is -0.489 e. The normalized spacial score (nSPS) is 10.8. The number of anilines is 1. The van der Waals surface area contributed by atoms with E-state index in [0.717, 1.165) is 27.3 Å². The molecule has 0 spiro atoms. The van der Waals surface area contributed by atoms with E-state index >= 15 is 0 Å². The minimum atomic E-state index is -0.163. The summed E-state index contributed by atoms with van der Waals surface area (Å²) < 4.78 is 5.81. The zero-order valence-electron chi connectivity index (χ0n) is 18.1. The van der Waals surface area contributed by atoms with Crippen molar-refractivity contribution >= 4 is 34.4 Å². The maximum absolute atomic E-state index is 12.8. The summed E-state index contributed by atoms with van der Waals surface area (Å²) in [5.41, 5.74) is 4.14. The summed E-state index contributed by atoms with van der Waals surface area (Å²) >= 11 is 1.58. The third-order valence-corrected chi connectivity index (χ3v) is 6.21. The van der Waals surface area contributed by atoms with Gasteiger partial charge in [0.25, 0.3) is 5.91 Å². The van der Waals surface area contributed by atoms with Crippen LogP contribution in [0.25, 0.3) is 11.0 Å². The Bertz CT molecular complexity index is 1400. The van der Waals surface area contributed by atoms with E-state index in [-0.39, 0.29) is 5.91 Å². The Morgan fingerprint density at radius 1 is 0.941 bits per heavy atom. The highest BCUT2D eigenvalue weighted by Crippen LogP contribution is 2.26. The standard InChI is InChI=1S/C26H21N5O2S/c32-25(30-21-9-11-22(12-10-21)33-15-18-5-2-1-3-6-18)20-8-4-7-19(13-20)16-34-26-23-14-29-31-24(23)27-17-28-26/h1-14,17H,15-16H2,(H,30,32)(H,27,28,29,31). The van der Waals surface area contributed by atoms with Gasteiger partial charge in [0.2, 0.25) is 0 Å². The van der Waals surface area contributed by atoms with E-state index in [1.165, 1.54) is 6.33 Å². The van der Waals surface area contributed by atoms with E-state index in [9.17, 15) is 4.79 Å². The highest BCUT2D eigenvalue weighted by molar-refractivity contribution is 7.98. The van der Waals surface area contributed by atoms with Gasteiger partial charge in [-0.15, -0.1) is 11.8 Å². The Balaban J connectivity index is 1.18. The monoisotopic (exact) mass is 467 g/mol. The molecule has 3 aromatic carbocycles. The minimum absolute atomic E-state index is 0.163. The van der Waals surface area contributed by atoms with E-state index in [0.29, 0.717) is 29.3 Å². The van der Waals surface area contributed by atoms with Gasteiger partial charge in [-0.3, -0.25) is 9.89 Å². The van der Waals surface area contributed by atoms with Crippen molar-refractivity contribution < 1.29 is 9.53 Å². The highest BCUT2D eigenvalue weighted by Gasteiger charge is 2.10. The number of hydrogen-bond donors (Lipinski definition) is 2. The van der Waals surface area contributed by atoms with Crippen LogP contribution in [-0.2, 0) is 12.4 Å². The van der Waals surface area contributed by atoms with E-state index in [1.54, 1.807) is 24.0 Å². The van der Waals surface area contributed by atoms with Gasteiger partial charge in [0.1, 0.15) is 23.7 Å². The quantitative estimate of drug-likeness (QED) is 0.232. The largest absolute Gasteiger partial charge is 0.489 e. The molecule has 2 aromatic heterocycles. The van der Waals surface area contributed by atoms with E-state index in [4.69, 9.17) is 4.74 Å². The molecule has 0 unspecified atom stereocenters. The smallest absolute Gasteiger partial charge is 0.255 e. The number of benzene rings is 3. The van der Waals surface area contributed by atoms with Crippen molar-refractivity contribution in [1.29, 1.82) is 0 Å². The number of nitrogens with one attached hydrogen (secondary N) is 2. The summed E-state index contributed by atoms with van der Waals surface area (Å²) in [6.07, 6.45) is 3.24. The number of nitrogens with zero attached hydrogens (tertiary/aromatic N) is 3. The second-order valence-electron chi connectivity index (χ2n) is 7.55. The number of H-pyrrole nitrogens is 1. The summed E-state index contributed by atoms with van der Waals surface area (Å²) in [6.45, 7) is 0.498. The van der Waals surface area contributed by atoms with Crippen LogP contribution in [-0.4, -0.2) is 26.1 Å². The summed E-state index contributed by atoms with van der Waals surface area (Å²) in [6, 6.07) is 25.0. The molecule has 0 bridgehead atoms. The first kappa shape index (κ1) is 21.7. The Hall–Kier alpha value is -4.17. The molecule has 2 N–H and O–H groups in total. The van der Waals surface area contributed by atoms with Crippen molar-refractivity contribution in [3.63, 3.8) is 0 Å². The van der Waals surface area contributed by atoms with Crippen LogP contribution in [0.2, 0.25) is 0 Å². The number of aromatic nitrogens is 4. The number of ether oxygens (including phenoxy) is 1. The molecule has 5 aromatic rings. The van der Waals surface area contributed by atoms with Gasteiger partial charge in [-0.2, -0.15) is 5.10 Å². The number of hydrogen-bond acceptors (Lipinski definition) is 6. The summed E-state index contributed by atoms with van der Waals surface area (Å²) in [4.78, 5) is 21.3. The number of amides is 1. The van der Waals surface area contributed by atoms with Crippen molar-refractivity contribution in [1.82, 2.24) is 20.2 Å². The third-order valence-electron chi connectivity index (χ3n) is 5.14. The Morgan fingerprint density at radius 2 is 1.76 bits per heavy atom. The molecular weight excluding hydrogens is 446 g/mol. The van der Waals surface area contributed by atoms with Crippen molar-refractivity contribution in [3.8, 4) is 5.75 Å². The van der Waals surface area contributed by atoms with E-state index in [2.05, 4.69) is 25.5 Å². The summed E-state index contributed by atoms with van der Waals surface area (Å²) in [5.74, 6) is 1.26. The topological polar surface area (TPSA) is 92.8 Å². The molecule has 7 nitrogen and oxygen atoms in total. The molecule has 0 saturated carbocycles. The van der Waals surface area contributed by atoms with Gasteiger partial charge in [-0.25, -0.2) is 9.97 Å². The van der Waals surface area contributed by atoms with Crippen LogP contribution in [0, 0.1) is 0 Å². The maximum atomic E-state index is 12.8. The summed E-state index contributed by atoms with van der Waals surface area (Å²) in [5, 5.41) is 11.6. The van der Waals surface area contributed by atoms with Gasteiger partial charge in [-0.05, 0) is 47.5 Å². The molecule has 168 valence electrons. The summed E-state index contributed by atoms with van der Waals surface area (Å²) in [7, 11) is 0. The molecule has 0 atom stereocenters. The Morgan fingerprint density at radius 3 is 2.62 bits per heavy atom. The van der Waals surface area contributed by atoms with Crippen molar-refractivity contribution in [2.45, 2.75) is 17.4 Å². The van der Waals surface area contributed by atoms with Crippen LogP contribution < -0.4 is 10.1 Å². The maximum Gasteiger partial charge on any atom is 0.255 e. The molecule has 0 aliphatic carbocycles. The van der Waals surface area contributed by atoms with E-state index < -0.39 is 0 Å². The van der Waals surface area contributed by atoms with Gasteiger partial charge in [0.05, 0.1) is 11.6 Å². The molecule has 0 radical (unpaired) electrons. The van der Waals surface area contributed by atoms with Crippen LogP contribution in [0.4, 0.5) is 5.69 Å². The van der Waals surface area contributed by atoms with Gasteiger partial charge in [0.15, 0.2) is 5.65 Å². The predicted octanol–water partition coefficient (Wildman–Crippen LogP) is 5.48. The lowest BCUT2D eigenvalue weighted by Crippen LogP contribution is -2.12. The number of thioether (sulfide) groups is 1. The third kappa shape index (κ3) is 5.24. The number of rotatable bonds is 8. The Labute approximate surface area is 200 Å². The van der Waals surface area contributed by atoms with Crippen LogP contribution >= 0.6 is 11.8 Å². The molecule has 0 saturated heterocycles. The number of aromatic amines is 1. The second-order valence-corrected chi connectivity index (χ2v) is 8.52. The average molecular weight is 468 g/mol. The van der Waals surface area contributed by atoms with Crippen LogP contribution in [0.1, 0.15) is 21.5 Å². The number of carbonyl (C=O) groups excluding carboxylic acids is 1. The molecule has 0 fully saturated rings. The number of carbonyl (C=O) groups is 1. The molecule has 5 rings (SSSR count). The fourth-order valence-electron chi connectivity index (χ4n) is 3.39. The van der Waals surface area contributed by atoms with Crippen LogP contribution in [0.3, 0.4) is 0 Å². The van der Waals surface area contributed by atoms with E-state index in [1.807, 2.05) is 72.8 Å². The lowest BCUT2D eigenvalue weighted by atomic mass is 10.1. The van der Waals surface area contributed by atoms with Crippen LogP contribution in [0.15, 0.2) is 96.4 Å². The average Bonchev–Trinajstić information content (AvgIpc) is 3.37. The first-order chi connectivity index (χ1) is 16.7. The molecule has 8 heteroatoms. The molecule has 34 heavy (non-hydrogen) atoms. The fraction of sp³-hybridized carbons (Fsp3) is 0.0769. The second kappa shape index (κ2) is 10.2. The molecule has 0 aliphatic rings. The number of fused-ring (bicyclic) bond motifs is 1. The SMILES string of the molecule is O=C(Nc1ccc(OCc2ccccc2)cc1)c1cccc(CSc2ncnc3[nH]ncc23)c1. The first-order valence-corrected chi connectivity index (χ1v) is 11.7. The molecule has 2 heterocycles. The van der Waals surface area contributed by atoms with Gasteiger partial charge in [0, 0.05) is 17.0 Å². The molecular formula is C26H21N5O2S. The van der Waals surface area contributed by atoms with Crippen LogP contribution in [0.5, 0.6) is 5.75 Å². The van der Waals surface area contributed by atoms with Crippen molar-refractivity contribution in [2.24, 2.45) is 0 Å². The van der Waals surface area contributed by atoms with Crippen molar-refractivity contribution in [3.05, 3.63) is 108 Å². The lowest BCUT2D eigenvalue weighted by molar-refractivity contribution is 0.102. The van der Waals surface area contributed by atoms with Gasteiger partial charge in [-0.1, -0.05) is 42.5 Å². The van der Waals surface area contributed by atoms with Gasteiger partial charge >= 0.3 is 0 Å². The predicted molar refractivity (Wildman–Crippen MR) is 133 cm³/mol.